The highest BCUT2D eigenvalue weighted by Gasteiger charge is 2.08. The van der Waals surface area contributed by atoms with E-state index < -0.39 is 0 Å². The topological polar surface area (TPSA) is 35.2 Å². The Balaban J connectivity index is 2.91. The Labute approximate surface area is 99.3 Å². The van der Waals surface area contributed by atoms with Crippen molar-refractivity contribution < 1.29 is 4.74 Å². The third-order valence-corrected chi connectivity index (χ3v) is 2.43. The van der Waals surface area contributed by atoms with E-state index in [-0.39, 0.29) is 6.04 Å². The van der Waals surface area contributed by atoms with Gasteiger partial charge in [-0.3, -0.25) is 0 Å². The molecule has 1 rings (SSSR count). The van der Waals surface area contributed by atoms with Crippen LogP contribution in [0.3, 0.4) is 0 Å². The molecule has 0 radical (unpaired) electrons. The van der Waals surface area contributed by atoms with Gasteiger partial charge in [-0.15, -0.1) is 0 Å². The van der Waals surface area contributed by atoms with Crippen LogP contribution < -0.4 is 10.5 Å². The summed E-state index contributed by atoms with van der Waals surface area (Å²) in [5.74, 6) is 0.822. The van der Waals surface area contributed by atoms with Gasteiger partial charge in [0.2, 0.25) is 0 Å². The number of nitrogens with two attached hydrogens (primary N) is 1. The fourth-order valence-electron chi connectivity index (χ4n) is 1.21. The Bertz CT molecular complexity index is 361. The molecule has 0 unspecified atom stereocenters. The number of benzene rings is 1. The average molecular weight is 270 g/mol. The molecule has 0 aliphatic carbocycles. The average Bonchev–Trinajstić information content (AvgIpc) is 2.14. The first kappa shape index (κ1) is 12.3. The smallest absolute Gasteiger partial charge is 0.125 e. The predicted molar refractivity (Wildman–Crippen MR) is 67.1 cm³/mol. The van der Waals surface area contributed by atoms with E-state index in [9.17, 15) is 0 Å². The number of hydrogen-bond acceptors (Lipinski definition) is 2. The molecule has 0 aliphatic heterocycles. The Hall–Kier alpha value is -0.800. The van der Waals surface area contributed by atoms with Gasteiger partial charge in [0, 0.05) is 16.1 Å². The van der Waals surface area contributed by atoms with Gasteiger partial charge >= 0.3 is 0 Å². The summed E-state index contributed by atoms with van der Waals surface area (Å²) in [5, 5.41) is 0. The summed E-state index contributed by atoms with van der Waals surface area (Å²) in [6.07, 6.45) is 0. The minimum Gasteiger partial charge on any atom is -0.489 e. The first-order valence-corrected chi connectivity index (χ1v) is 5.62. The van der Waals surface area contributed by atoms with E-state index in [1.807, 2.05) is 32.0 Å². The normalized spacial score (nSPS) is 12.3. The summed E-state index contributed by atoms with van der Waals surface area (Å²) in [7, 11) is 0. The lowest BCUT2D eigenvalue weighted by atomic mass is 10.1. The minimum absolute atomic E-state index is 0.0294. The van der Waals surface area contributed by atoms with Gasteiger partial charge in [0.25, 0.3) is 0 Å². The van der Waals surface area contributed by atoms with E-state index >= 15 is 0 Å². The zero-order valence-corrected chi connectivity index (χ0v) is 10.7. The third-order valence-electron chi connectivity index (χ3n) is 1.94. The molecule has 0 bridgehead atoms. The fourth-order valence-corrected chi connectivity index (χ4v) is 1.55. The third kappa shape index (κ3) is 3.68. The van der Waals surface area contributed by atoms with Gasteiger partial charge < -0.3 is 10.5 Å². The van der Waals surface area contributed by atoms with Crippen LogP contribution >= 0.6 is 15.9 Å². The number of ether oxygens (including phenoxy) is 1. The quantitative estimate of drug-likeness (QED) is 0.851. The summed E-state index contributed by atoms with van der Waals surface area (Å²) in [6, 6.07) is 5.84. The molecule has 82 valence electrons. The van der Waals surface area contributed by atoms with Gasteiger partial charge in [-0.2, -0.15) is 0 Å². The Morgan fingerprint density at radius 3 is 2.80 bits per heavy atom. The van der Waals surface area contributed by atoms with Crippen molar-refractivity contribution in [2.45, 2.75) is 19.9 Å². The van der Waals surface area contributed by atoms with E-state index in [4.69, 9.17) is 10.5 Å². The maximum atomic E-state index is 5.85. The van der Waals surface area contributed by atoms with Gasteiger partial charge in [0.15, 0.2) is 0 Å². The lowest BCUT2D eigenvalue weighted by molar-refractivity contribution is 0.346. The molecule has 0 aromatic heterocycles. The van der Waals surface area contributed by atoms with Gasteiger partial charge in [0.05, 0.1) is 0 Å². The van der Waals surface area contributed by atoms with E-state index in [0.29, 0.717) is 6.61 Å². The SMILES string of the molecule is C=C(C)COc1cc(Br)ccc1[C@@H](C)N. The highest BCUT2D eigenvalue weighted by molar-refractivity contribution is 9.10. The van der Waals surface area contributed by atoms with E-state index in [1.165, 1.54) is 0 Å². The molecule has 1 atom stereocenters. The summed E-state index contributed by atoms with van der Waals surface area (Å²) in [5.41, 5.74) is 7.86. The molecule has 0 saturated heterocycles. The maximum absolute atomic E-state index is 5.85. The molecule has 0 fully saturated rings. The van der Waals surface area contributed by atoms with Crippen molar-refractivity contribution in [1.29, 1.82) is 0 Å². The van der Waals surface area contributed by atoms with Crippen molar-refractivity contribution in [2.24, 2.45) is 5.73 Å². The van der Waals surface area contributed by atoms with Crippen molar-refractivity contribution in [3.8, 4) is 5.75 Å². The van der Waals surface area contributed by atoms with Crippen molar-refractivity contribution >= 4 is 15.9 Å². The zero-order chi connectivity index (χ0) is 11.4. The summed E-state index contributed by atoms with van der Waals surface area (Å²) in [4.78, 5) is 0. The molecule has 0 spiro atoms. The fraction of sp³-hybridized carbons (Fsp3) is 0.333. The van der Waals surface area contributed by atoms with Gasteiger partial charge in [-0.1, -0.05) is 28.6 Å². The molecule has 3 heteroatoms. The van der Waals surface area contributed by atoms with Crippen LogP contribution in [0.1, 0.15) is 25.5 Å². The Morgan fingerprint density at radius 2 is 2.27 bits per heavy atom. The summed E-state index contributed by atoms with van der Waals surface area (Å²) in [6.45, 7) is 8.20. The molecule has 0 amide bonds. The van der Waals surface area contributed by atoms with Gasteiger partial charge in [0.1, 0.15) is 12.4 Å². The first-order valence-electron chi connectivity index (χ1n) is 4.83. The molecule has 0 saturated carbocycles. The Morgan fingerprint density at radius 1 is 1.60 bits per heavy atom. The zero-order valence-electron chi connectivity index (χ0n) is 9.09. The minimum atomic E-state index is -0.0294. The summed E-state index contributed by atoms with van der Waals surface area (Å²) < 4.78 is 6.62. The van der Waals surface area contributed by atoms with Crippen molar-refractivity contribution in [1.82, 2.24) is 0 Å². The largest absolute Gasteiger partial charge is 0.489 e. The molecule has 15 heavy (non-hydrogen) atoms. The lowest BCUT2D eigenvalue weighted by Crippen LogP contribution is -2.08. The molecular formula is C12H16BrNO. The van der Waals surface area contributed by atoms with Crippen LogP contribution in [0.2, 0.25) is 0 Å². The molecular weight excluding hydrogens is 254 g/mol. The second-order valence-corrected chi connectivity index (χ2v) is 4.63. The number of halogens is 1. The van der Waals surface area contributed by atoms with E-state index in [1.54, 1.807) is 0 Å². The standard InChI is InChI=1S/C12H16BrNO/c1-8(2)7-15-12-6-10(13)4-5-11(12)9(3)14/h4-6,9H,1,7,14H2,2-3H3/t9-/m1/s1. The monoisotopic (exact) mass is 269 g/mol. The van der Waals surface area contributed by atoms with Crippen LogP contribution in [0.25, 0.3) is 0 Å². The molecule has 0 aliphatic rings. The molecule has 2 nitrogen and oxygen atoms in total. The van der Waals surface area contributed by atoms with Crippen molar-refractivity contribution in [2.75, 3.05) is 6.61 Å². The second kappa shape index (κ2) is 5.33. The lowest BCUT2D eigenvalue weighted by Gasteiger charge is -2.14. The van der Waals surface area contributed by atoms with Crippen LogP contribution in [0.4, 0.5) is 0 Å². The molecule has 1 aromatic rings. The second-order valence-electron chi connectivity index (χ2n) is 3.72. The maximum Gasteiger partial charge on any atom is 0.125 e. The first-order chi connectivity index (χ1) is 7.00. The Kier molecular flexibility index (Phi) is 4.36. The van der Waals surface area contributed by atoms with Crippen molar-refractivity contribution in [3.05, 3.63) is 40.4 Å². The van der Waals surface area contributed by atoms with Crippen molar-refractivity contribution in [3.63, 3.8) is 0 Å². The number of hydrogen-bond donors (Lipinski definition) is 1. The molecule has 2 N–H and O–H groups in total. The van der Waals surface area contributed by atoms with Gasteiger partial charge in [-0.25, -0.2) is 0 Å². The number of rotatable bonds is 4. The van der Waals surface area contributed by atoms with Crippen LogP contribution in [-0.2, 0) is 0 Å². The van der Waals surface area contributed by atoms with E-state index in [0.717, 1.165) is 21.4 Å². The molecule has 0 heterocycles. The highest BCUT2D eigenvalue weighted by atomic mass is 79.9. The van der Waals surface area contributed by atoms with Crippen LogP contribution in [0.15, 0.2) is 34.8 Å². The molecule has 1 aromatic carbocycles. The predicted octanol–water partition coefficient (Wildman–Crippen LogP) is 3.42. The van der Waals surface area contributed by atoms with Crippen LogP contribution in [0, 0.1) is 0 Å². The van der Waals surface area contributed by atoms with Crippen LogP contribution in [-0.4, -0.2) is 6.61 Å². The summed E-state index contributed by atoms with van der Waals surface area (Å²) >= 11 is 3.41. The van der Waals surface area contributed by atoms with Gasteiger partial charge in [-0.05, 0) is 31.6 Å². The van der Waals surface area contributed by atoms with Crippen LogP contribution in [0.5, 0.6) is 5.75 Å². The highest BCUT2D eigenvalue weighted by Crippen LogP contribution is 2.27. The van der Waals surface area contributed by atoms with E-state index in [2.05, 4.69) is 22.5 Å².